The van der Waals surface area contributed by atoms with Gasteiger partial charge in [0.1, 0.15) is 11.0 Å². The molecule has 1 fully saturated rings. The van der Waals surface area contributed by atoms with E-state index in [1.807, 2.05) is 6.92 Å². The Morgan fingerprint density at radius 2 is 2.44 bits per heavy atom. The minimum absolute atomic E-state index is 0.0631. The summed E-state index contributed by atoms with van der Waals surface area (Å²) in [6.45, 7) is 3.43. The highest BCUT2D eigenvalue weighted by molar-refractivity contribution is 6.29. The maximum Gasteiger partial charge on any atom is 0.251 e. The van der Waals surface area contributed by atoms with Gasteiger partial charge in [0, 0.05) is 24.1 Å². The van der Waals surface area contributed by atoms with Crippen molar-refractivity contribution >= 4 is 23.3 Å². The second-order valence-corrected chi connectivity index (χ2v) is 4.88. The fourth-order valence-electron chi connectivity index (χ4n) is 2.00. The van der Waals surface area contributed by atoms with Gasteiger partial charge in [0.05, 0.1) is 6.61 Å². The molecule has 1 saturated heterocycles. The molecular weight excluding hydrogens is 254 g/mol. The van der Waals surface area contributed by atoms with Crippen LogP contribution in [0, 0.1) is 5.92 Å². The number of anilines is 1. The standard InChI is InChI=1S/C12H16ClN3O2/c1-7(8-2-3-18-6-8)15-12(17)9-4-10(13)16-11(14)5-9/h4-5,7-8H,2-3,6H2,1H3,(H2,14,16)(H,15,17). The van der Waals surface area contributed by atoms with Crippen LogP contribution in [0.1, 0.15) is 23.7 Å². The van der Waals surface area contributed by atoms with E-state index in [-0.39, 0.29) is 22.9 Å². The van der Waals surface area contributed by atoms with E-state index < -0.39 is 0 Å². The molecule has 0 aromatic carbocycles. The van der Waals surface area contributed by atoms with Gasteiger partial charge in [0.15, 0.2) is 0 Å². The monoisotopic (exact) mass is 269 g/mol. The van der Waals surface area contributed by atoms with Gasteiger partial charge in [0.25, 0.3) is 5.91 Å². The first-order chi connectivity index (χ1) is 8.56. The minimum Gasteiger partial charge on any atom is -0.384 e. The number of ether oxygens (including phenoxy) is 1. The summed E-state index contributed by atoms with van der Waals surface area (Å²) in [5.41, 5.74) is 5.98. The lowest BCUT2D eigenvalue weighted by atomic mass is 10.0. The summed E-state index contributed by atoms with van der Waals surface area (Å²) in [5.74, 6) is 0.415. The van der Waals surface area contributed by atoms with Crippen molar-refractivity contribution in [2.45, 2.75) is 19.4 Å². The van der Waals surface area contributed by atoms with Gasteiger partial charge in [0.2, 0.25) is 0 Å². The summed E-state index contributed by atoms with van der Waals surface area (Å²) in [5, 5.41) is 3.15. The van der Waals surface area contributed by atoms with Crippen LogP contribution in [0.4, 0.5) is 5.82 Å². The lowest BCUT2D eigenvalue weighted by Crippen LogP contribution is -2.38. The zero-order valence-electron chi connectivity index (χ0n) is 10.1. The third kappa shape index (κ3) is 3.11. The quantitative estimate of drug-likeness (QED) is 0.815. The van der Waals surface area contributed by atoms with Crippen molar-refractivity contribution in [3.05, 3.63) is 22.8 Å². The molecule has 0 radical (unpaired) electrons. The largest absolute Gasteiger partial charge is 0.384 e. The maximum absolute atomic E-state index is 12.0. The Labute approximate surface area is 111 Å². The fraction of sp³-hybridized carbons (Fsp3) is 0.500. The van der Waals surface area contributed by atoms with Gasteiger partial charge in [-0.1, -0.05) is 11.6 Å². The number of nitrogens with one attached hydrogen (secondary N) is 1. The molecule has 5 nitrogen and oxygen atoms in total. The van der Waals surface area contributed by atoms with E-state index in [4.69, 9.17) is 22.1 Å². The molecule has 0 aliphatic carbocycles. The zero-order chi connectivity index (χ0) is 13.1. The number of hydrogen-bond donors (Lipinski definition) is 2. The summed E-state index contributed by atoms with van der Waals surface area (Å²) < 4.78 is 5.30. The molecule has 0 saturated carbocycles. The van der Waals surface area contributed by atoms with Crippen LogP contribution in [0.5, 0.6) is 0 Å². The van der Waals surface area contributed by atoms with Gasteiger partial charge in [-0.3, -0.25) is 4.79 Å². The highest BCUT2D eigenvalue weighted by atomic mass is 35.5. The number of nitrogen functional groups attached to an aromatic ring is 1. The maximum atomic E-state index is 12.0. The number of hydrogen-bond acceptors (Lipinski definition) is 4. The second-order valence-electron chi connectivity index (χ2n) is 4.49. The van der Waals surface area contributed by atoms with E-state index in [9.17, 15) is 4.79 Å². The molecular formula is C12H16ClN3O2. The summed E-state index contributed by atoms with van der Waals surface area (Å²) >= 11 is 5.77. The van der Waals surface area contributed by atoms with Gasteiger partial charge in [-0.25, -0.2) is 4.98 Å². The number of nitrogens with zero attached hydrogens (tertiary/aromatic N) is 1. The molecule has 2 heterocycles. The van der Waals surface area contributed by atoms with E-state index in [0.29, 0.717) is 18.1 Å². The molecule has 2 rings (SSSR count). The predicted molar refractivity (Wildman–Crippen MR) is 69.5 cm³/mol. The molecule has 1 aromatic heterocycles. The molecule has 0 spiro atoms. The number of aromatic nitrogens is 1. The summed E-state index contributed by atoms with van der Waals surface area (Å²) in [4.78, 5) is 15.8. The van der Waals surface area contributed by atoms with Gasteiger partial charge in [-0.2, -0.15) is 0 Å². The molecule has 2 atom stereocenters. The highest BCUT2D eigenvalue weighted by Crippen LogP contribution is 2.17. The number of nitrogens with two attached hydrogens (primary N) is 1. The predicted octanol–water partition coefficient (Wildman–Crippen LogP) is 1.47. The topological polar surface area (TPSA) is 77.2 Å². The molecule has 1 amide bonds. The summed E-state index contributed by atoms with van der Waals surface area (Å²) in [7, 11) is 0. The Morgan fingerprint density at radius 3 is 3.06 bits per heavy atom. The van der Waals surface area contributed by atoms with Crippen molar-refractivity contribution in [3.8, 4) is 0 Å². The van der Waals surface area contributed by atoms with Crippen LogP contribution in [0.2, 0.25) is 5.15 Å². The van der Waals surface area contributed by atoms with Crippen molar-refractivity contribution in [1.82, 2.24) is 10.3 Å². The van der Waals surface area contributed by atoms with E-state index in [2.05, 4.69) is 10.3 Å². The molecule has 1 aromatic rings. The first-order valence-electron chi connectivity index (χ1n) is 5.88. The van der Waals surface area contributed by atoms with E-state index in [1.54, 1.807) is 0 Å². The van der Waals surface area contributed by atoms with Gasteiger partial charge < -0.3 is 15.8 Å². The average molecular weight is 270 g/mol. The fourth-order valence-corrected chi connectivity index (χ4v) is 2.22. The molecule has 2 unspecified atom stereocenters. The van der Waals surface area contributed by atoms with E-state index in [1.165, 1.54) is 12.1 Å². The summed E-state index contributed by atoms with van der Waals surface area (Å²) in [6, 6.07) is 3.08. The van der Waals surface area contributed by atoms with E-state index >= 15 is 0 Å². The molecule has 6 heteroatoms. The van der Waals surface area contributed by atoms with Crippen LogP contribution < -0.4 is 11.1 Å². The van der Waals surface area contributed by atoms with Crippen molar-refractivity contribution in [3.63, 3.8) is 0 Å². The minimum atomic E-state index is -0.189. The highest BCUT2D eigenvalue weighted by Gasteiger charge is 2.24. The van der Waals surface area contributed by atoms with Crippen LogP contribution in [0.25, 0.3) is 0 Å². The zero-order valence-corrected chi connectivity index (χ0v) is 10.9. The number of halogens is 1. The first kappa shape index (κ1) is 13.1. The average Bonchev–Trinajstić information content (AvgIpc) is 2.80. The number of amides is 1. The van der Waals surface area contributed by atoms with E-state index in [0.717, 1.165) is 13.0 Å². The molecule has 1 aliphatic rings. The Balaban J connectivity index is 2.02. The smallest absolute Gasteiger partial charge is 0.251 e. The van der Waals surface area contributed by atoms with Crippen molar-refractivity contribution < 1.29 is 9.53 Å². The molecule has 3 N–H and O–H groups in total. The van der Waals surface area contributed by atoms with Crippen LogP contribution in [-0.2, 0) is 4.74 Å². The van der Waals surface area contributed by atoms with Crippen LogP contribution in [0.15, 0.2) is 12.1 Å². The lowest BCUT2D eigenvalue weighted by molar-refractivity contribution is 0.0922. The van der Waals surface area contributed by atoms with Crippen LogP contribution in [0.3, 0.4) is 0 Å². The first-order valence-corrected chi connectivity index (χ1v) is 6.25. The number of rotatable bonds is 3. The SMILES string of the molecule is CC(NC(=O)c1cc(N)nc(Cl)c1)C1CCOC1. The lowest BCUT2D eigenvalue weighted by Gasteiger charge is -2.19. The summed E-state index contributed by atoms with van der Waals surface area (Å²) in [6.07, 6.45) is 0.973. The van der Waals surface area contributed by atoms with Gasteiger partial charge in [-0.05, 0) is 25.5 Å². The van der Waals surface area contributed by atoms with Crippen molar-refractivity contribution in [2.75, 3.05) is 18.9 Å². The number of carbonyl (C=O) groups is 1. The molecule has 98 valence electrons. The Morgan fingerprint density at radius 1 is 1.67 bits per heavy atom. The van der Waals surface area contributed by atoms with Gasteiger partial charge in [-0.15, -0.1) is 0 Å². The van der Waals surface area contributed by atoms with Gasteiger partial charge >= 0.3 is 0 Å². The van der Waals surface area contributed by atoms with Crippen molar-refractivity contribution in [1.29, 1.82) is 0 Å². The molecule has 18 heavy (non-hydrogen) atoms. The Hall–Kier alpha value is -1.33. The third-order valence-electron chi connectivity index (χ3n) is 3.11. The third-order valence-corrected chi connectivity index (χ3v) is 3.30. The number of pyridine rings is 1. The van der Waals surface area contributed by atoms with Crippen LogP contribution in [-0.4, -0.2) is 30.1 Å². The molecule has 1 aliphatic heterocycles. The second kappa shape index (κ2) is 5.54. The number of carbonyl (C=O) groups excluding carboxylic acids is 1. The normalized spacial score (nSPS) is 20.7. The Kier molecular flexibility index (Phi) is 4.04. The molecule has 0 bridgehead atoms. The van der Waals surface area contributed by atoms with Crippen LogP contribution >= 0.6 is 11.6 Å². The Bertz CT molecular complexity index is 427. The van der Waals surface area contributed by atoms with Crippen molar-refractivity contribution in [2.24, 2.45) is 5.92 Å².